The average Bonchev–Trinajstić information content (AvgIpc) is 2.18. The van der Waals surface area contributed by atoms with Gasteiger partial charge < -0.3 is 0 Å². The number of halogens is 1. The van der Waals surface area contributed by atoms with E-state index in [4.69, 9.17) is 0 Å². The van der Waals surface area contributed by atoms with Gasteiger partial charge in [-0.05, 0) is 23.6 Å². The van der Waals surface area contributed by atoms with Gasteiger partial charge in [0.2, 0.25) is 0 Å². The van der Waals surface area contributed by atoms with Crippen LogP contribution in [0.15, 0.2) is 23.1 Å². The van der Waals surface area contributed by atoms with Crippen LogP contribution in [0.1, 0.15) is 18.1 Å². The molecule has 1 aromatic rings. The maximum atomic E-state index is 11.3. The zero-order chi connectivity index (χ0) is 10.6. The monoisotopic (exact) mass is 272 g/mol. The molecule has 0 saturated carbocycles. The molecule has 0 radical (unpaired) electrons. The first-order chi connectivity index (χ1) is 6.69. The Balaban J connectivity index is 2.96. The highest BCUT2D eigenvalue weighted by atomic mass is 79.9. The van der Waals surface area contributed by atoms with Gasteiger partial charge in [-0.2, -0.15) is 0 Å². The largest absolute Gasteiger partial charge is 0.298 e. The number of carbonyl (C=O) groups excluding carboxylic acids is 1. The third-order valence-electron chi connectivity index (χ3n) is 2.14. The van der Waals surface area contributed by atoms with Gasteiger partial charge >= 0.3 is 0 Å². The summed E-state index contributed by atoms with van der Waals surface area (Å²) in [6, 6.07) is 5.90. The minimum absolute atomic E-state index is 0.207. The van der Waals surface area contributed by atoms with Gasteiger partial charge in [-0.15, -0.1) is 12.6 Å². The van der Waals surface area contributed by atoms with Crippen LogP contribution < -0.4 is 0 Å². The van der Waals surface area contributed by atoms with Crippen molar-refractivity contribution in [3.8, 4) is 0 Å². The van der Waals surface area contributed by atoms with Crippen molar-refractivity contribution in [1.82, 2.24) is 0 Å². The molecule has 1 nitrogen and oxygen atoms in total. The van der Waals surface area contributed by atoms with E-state index in [9.17, 15) is 4.79 Å². The molecule has 0 spiro atoms. The first-order valence-electron chi connectivity index (χ1n) is 4.56. The highest BCUT2D eigenvalue weighted by molar-refractivity contribution is 9.09. The van der Waals surface area contributed by atoms with Crippen LogP contribution in [0.25, 0.3) is 0 Å². The van der Waals surface area contributed by atoms with E-state index < -0.39 is 0 Å². The van der Waals surface area contributed by atoms with Crippen LogP contribution in [0.2, 0.25) is 0 Å². The molecular formula is C11H13BrOS. The number of Topliss-reactive ketones (excluding diaryl/α,β-unsaturated/α-hetero) is 1. The van der Waals surface area contributed by atoms with Crippen LogP contribution in [-0.4, -0.2) is 11.1 Å². The lowest BCUT2D eigenvalue weighted by atomic mass is 10.0. The van der Waals surface area contributed by atoms with E-state index in [1.165, 1.54) is 5.56 Å². The van der Waals surface area contributed by atoms with Gasteiger partial charge in [0.15, 0.2) is 0 Å². The topological polar surface area (TPSA) is 17.1 Å². The number of carbonyl (C=O) groups is 1. The summed E-state index contributed by atoms with van der Waals surface area (Å²) in [5.74, 6) is 0.207. The molecule has 0 N–H and O–H groups in total. The van der Waals surface area contributed by atoms with Gasteiger partial charge in [0.05, 0.1) is 5.33 Å². The van der Waals surface area contributed by atoms with Crippen molar-refractivity contribution >= 4 is 34.3 Å². The molecule has 0 amide bonds. The van der Waals surface area contributed by atoms with Crippen LogP contribution >= 0.6 is 28.6 Å². The molecule has 0 saturated heterocycles. The first-order valence-corrected chi connectivity index (χ1v) is 6.13. The zero-order valence-electron chi connectivity index (χ0n) is 8.09. The Bertz CT molecular complexity index is 336. The molecule has 0 bridgehead atoms. The maximum Gasteiger partial charge on any atom is 0.147 e. The normalized spacial score (nSPS) is 10.2. The molecule has 76 valence electrons. The number of benzene rings is 1. The molecule has 0 fully saturated rings. The second kappa shape index (κ2) is 5.56. The van der Waals surface area contributed by atoms with Crippen LogP contribution in [-0.2, 0) is 17.6 Å². The van der Waals surface area contributed by atoms with E-state index in [0.29, 0.717) is 11.8 Å². The van der Waals surface area contributed by atoms with Crippen LogP contribution in [0.5, 0.6) is 0 Å². The summed E-state index contributed by atoms with van der Waals surface area (Å²) < 4.78 is 0. The van der Waals surface area contributed by atoms with Crippen LogP contribution in [0, 0.1) is 0 Å². The molecule has 0 atom stereocenters. The number of thiol groups is 1. The lowest BCUT2D eigenvalue weighted by Gasteiger charge is -2.08. The summed E-state index contributed by atoms with van der Waals surface area (Å²) in [5.41, 5.74) is 2.29. The molecule has 0 aromatic heterocycles. The first kappa shape index (κ1) is 11.8. The summed E-state index contributed by atoms with van der Waals surface area (Å²) in [4.78, 5) is 12.3. The SMILES string of the molecule is CCc1c(S)cccc1CC(=O)CBr. The Labute approximate surface area is 98.4 Å². The minimum atomic E-state index is 0.207. The second-order valence-corrected chi connectivity index (χ2v) is 4.16. The summed E-state index contributed by atoms with van der Waals surface area (Å²) in [5, 5.41) is 0.424. The molecule has 0 unspecified atom stereocenters. The summed E-state index contributed by atoms with van der Waals surface area (Å²) in [6.07, 6.45) is 1.42. The number of hydrogen-bond acceptors (Lipinski definition) is 2. The summed E-state index contributed by atoms with van der Waals surface area (Å²) >= 11 is 7.54. The van der Waals surface area contributed by atoms with Crippen molar-refractivity contribution in [2.24, 2.45) is 0 Å². The Kier molecular flexibility index (Phi) is 4.69. The second-order valence-electron chi connectivity index (χ2n) is 3.12. The van der Waals surface area contributed by atoms with Crippen LogP contribution in [0.4, 0.5) is 0 Å². The quantitative estimate of drug-likeness (QED) is 0.659. The Morgan fingerprint density at radius 3 is 2.79 bits per heavy atom. The van der Waals surface area contributed by atoms with E-state index in [0.717, 1.165) is 16.9 Å². The Hall–Kier alpha value is -0.280. The summed E-state index contributed by atoms with van der Waals surface area (Å²) in [6.45, 7) is 2.08. The number of rotatable bonds is 4. The third-order valence-corrected chi connectivity index (χ3v) is 3.18. The Morgan fingerprint density at radius 1 is 1.50 bits per heavy atom. The molecule has 0 aliphatic rings. The molecule has 3 heteroatoms. The fraction of sp³-hybridized carbons (Fsp3) is 0.364. The van der Waals surface area contributed by atoms with Crippen LogP contribution in [0.3, 0.4) is 0 Å². The Morgan fingerprint density at radius 2 is 2.21 bits per heavy atom. The fourth-order valence-electron chi connectivity index (χ4n) is 1.45. The number of ketones is 1. The molecule has 1 rings (SSSR count). The molecular weight excluding hydrogens is 260 g/mol. The molecule has 0 heterocycles. The van der Waals surface area contributed by atoms with E-state index >= 15 is 0 Å². The van der Waals surface area contributed by atoms with E-state index in [-0.39, 0.29) is 5.78 Å². The van der Waals surface area contributed by atoms with E-state index in [1.54, 1.807) is 0 Å². The average molecular weight is 273 g/mol. The van der Waals surface area contributed by atoms with E-state index in [1.807, 2.05) is 18.2 Å². The third kappa shape index (κ3) is 2.85. The smallest absolute Gasteiger partial charge is 0.147 e. The van der Waals surface area contributed by atoms with Gasteiger partial charge in [0, 0.05) is 11.3 Å². The lowest BCUT2D eigenvalue weighted by molar-refractivity contribution is -0.115. The summed E-state index contributed by atoms with van der Waals surface area (Å²) in [7, 11) is 0. The van der Waals surface area contributed by atoms with Gasteiger partial charge in [-0.3, -0.25) is 4.79 Å². The maximum absolute atomic E-state index is 11.3. The molecule has 0 aliphatic carbocycles. The van der Waals surface area contributed by atoms with Crippen molar-refractivity contribution in [3.05, 3.63) is 29.3 Å². The van der Waals surface area contributed by atoms with Gasteiger partial charge in [0.1, 0.15) is 5.78 Å². The van der Waals surface area contributed by atoms with Crippen molar-refractivity contribution in [1.29, 1.82) is 0 Å². The van der Waals surface area contributed by atoms with Gasteiger partial charge in [-0.25, -0.2) is 0 Å². The van der Waals surface area contributed by atoms with E-state index in [2.05, 4.69) is 35.5 Å². The molecule has 1 aromatic carbocycles. The van der Waals surface area contributed by atoms with Crippen molar-refractivity contribution in [2.75, 3.05) is 5.33 Å². The highest BCUT2D eigenvalue weighted by Crippen LogP contribution is 2.19. The van der Waals surface area contributed by atoms with Crippen molar-refractivity contribution in [3.63, 3.8) is 0 Å². The number of hydrogen-bond donors (Lipinski definition) is 1. The van der Waals surface area contributed by atoms with Gasteiger partial charge in [0.25, 0.3) is 0 Å². The molecule has 0 aliphatic heterocycles. The predicted molar refractivity (Wildman–Crippen MR) is 65.6 cm³/mol. The standard InChI is InChI=1S/C11H13BrOS/c1-2-10-8(6-9(13)7-12)4-3-5-11(10)14/h3-5,14H,2,6-7H2,1H3. The zero-order valence-corrected chi connectivity index (χ0v) is 10.6. The lowest BCUT2D eigenvalue weighted by Crippen LogP contribution is -2.06. The fourth-order valence-corrected chi connectivity index (χ4v) is 2.04. The predicted octanol–water partition coefficient (Wildman–Crippen LogP) is 3.04. The number of alkyl halides is 1. The van der Waals surface area contributed by atoms with Gasteiger partial charge in [-0.1, -0.05) is 35.0 Å². The van der Waals surface area contributed by atoms with Crippen molar-refractivity contribution in [2.45, 2.75) is 24.7 Å². The highest BCUT2D eigenvalue weighted by Gasteiger charge is 2.07. The van der Waals surface area contributed by atoms with Crippen molar-refractivity contribution < 1.29 is 4.79 Å². The minimum Gasteiger partial charge on any atom is -0.298 e. The molecule has 14 heavy (non-hydrogen) atoms.